The number of carbonyl (C=O) groups is 1. The lowest BCUT2D eigenvalue weighted by atomic mass is 9.99. The van der Waals surface area contributed by atoms with Crippen LogP contribution < -0.4 is 5.73 Å². The Morgan fingerprint density at radius 3 is 2.35 bits per heavy atom. The SMILES string of the molecule is CCC(C)[C@H](N)C(=O)N(CC(F)(F)F)C1CC1. The molecule has 0 heterocycles. The van der Waals surface area contributed by atoms with Gasteiger partial charge in [-0.3, -0.25) is 4.79 Å². The van der Waals surface area contributed by atoms with Crippen molar-refractivity contribution in [3.63, 3.8) is 0 Å². The van der Waals surface area contributed by atoms with Crippen LogP contribution >= 0.6 is 0 Å². The van der Waals surface area contributed by atoms with Crippen LogP contribution in [0.5, 0.6) is 0 Å². The second-order valence-electron chi connectivity index (χ2n) is 4.72. The molecule has 1 aliphatic rings. The Labute approximate surface area is 99.1 Å². The fourth-order valence-corrected chi connectivity index (χ4v) is 1.66. The van der Waals surface area contributed by atoms with E-state index in [4.69, 9.17) is 5.73 Å². The van der Waals surface area contributed by atoms with Crippen molar-refractivity contribution in [1.29, 1.82) is 0 Å². The van der Waals surface area contributed by atoms with Crippen molar-refractivity contribution in [2.45, 2.75) is 51.4 Å². The van der Waals surface area contributed by atoms with Crippen LogP contribution in [-0.4, -0.2) is 35.6 Å². The third-order valence-electron chi connectivity index (χ3n) is 3.16. The zero-order valence-electron chi connectivity index (χ0n) is 10.1. The van der Waals surface area contributed by atoms with E-state index < -0.39 is 24.7 Å². The minimum absolute atomic E-state index is 0.100. The molecular weight excluding hydrogens is 233 g/mol. The van der Waals surface area contributed by atoms with Crippen molar-refractivity contribution in [2.75, 3.05) is 6.54 Å². The molecule has 0 aliphatic heterocycles. The fourth-order valence-electron chi connectivity index (χ4n) is 1.66. The molecule has 1 saturated carbocycles. The van der Waals surface area contributed by atoms with Gasteiger partial charge < -0.3 is 10.6 Å². The molecule has 0 radical (unpaired) electrons. The van der Waals surface area contributed by atoms with Gasteiger partial charge in [-0.2, -0.15) is 13.2 Å². The summed E-state index contributed by atoms with van der Waals surface area (Å²) < 4.78 is 37.1. The second kappa shape index (κ2) is 5.25. The Morgan fingerprint density at radius 2 is 2.00 bits per heavy atom. The molecule has 0 aromatic heterocycles. The van der Waals surface area contributed by atoms with Gasteiger partial charge in [-0.25, -0.2) is 0 Å². The molecule has 100 valence electrons. The normalized spacial score (nSPS) is 19.9. The van der Waals surface area contributed by atoms with Crippen LogP contribution in [0.4, 0.5) is 13.2 Å². The fraction of sp³-hybridized carbons (Fsp3) is 0.909. The smallest absolute Gasteiger partial charge is 0.329 e. The van der Waals surface area contributed by atoms with E-state index in [2.05, 4.69) is 0 Å². The second-order valence-corrected chi connectivity index (χ2v) is 4.72. The molecule has 0 spiro atoms. The number of hydrogen-bond donors (Lipinski definition) is 1. The van der Waals surface area contributed by atoms with Crippen LogP contribution in [-0.2, 0) is 4.79 Å². The zero-order chi connectivity index (χ0) is 13.2. The molecule has 1 rings (SSSR count). The molecule has 0 aromatic carbocycles. The summed E-state index contributed by atoms with van der Waals surface area (Å²) in [6.07, 6.45) is -2.38. The van der Waals surface area contributed by atoms with E-state index in [9.17, 15) is 18.0 Å². The first kappa shape index (κ1) is 14.3. The molecule has 1 amide bonds. The van der Waals surface area contributed by atoms with E-state index in [0.29, 0.717) is 19.3 Å². The van der Waals surface area contributed by atoms with Crippen molar-refractivity contribution in [3.8, 4) is 0 Å². The maximum absolute atomic E-state index is 12.4. The van der Waals surface area contributed by atoms with Gasteiger partial charge in [0.2, 0.25) is 5.91 Å². The number of amides is 1. The van der Waals surface area contributed by atoms with Gasteiger partial charge >= 0.3 is 6.18 Å². The molecule has 0 saturated heterocycles. The largest absolute Gasteiger partial charge is 0.406 e. The minimum Gasteiger partial charge on any atom is -0.329 e. The minimum atomic E-state index is -4.35. The Kier molecular flexibility index (Phi) is 4.41. The van der Waals surface area contributed by atoms with Gasteiger partial charge in [-0.1, -0.05) is 20.3 Å². The Bertz CT molecular complexity index is 276. The van der Waals surface area contributed by atoms with Gasteiger partial charge in [-0.05, 0) is 18.8 Å². The molecule has 6 heteroatoms. The van der Waals surface area contributed by atoms with Crippen LogP contribution in [0.25, 0.3) is 0 Å². The lowest BCUT2D eigenvalue weighted by Gasteiger charge is -2.28. The summed E-state index contributed by atoms with van der Waals surface area (Å²) in [5.41, 5.74) is 5.70. The third-order valence-corrected chi connectivity index (χ3v) is 3.16. The maximum Gasteiger partial charge on any atom is 0.406 e. The number of rotatable bonds is 5. The van der Waals surface area contributed by atoms with E-state index >= 15 is 0 Å². The summed E-state index contributed by atoms with van der Waals surface area (Å²) >= 11 is 0. The van der Waals surface area contributed by atoms with Gasteiger partial charge in [0, 0.05) is 6.04 Å². The average molecular weight is 252 g/mol. The summed E-state index contributed by atoms with van der Waals surface area (Å²) in [5, 5.41) is 0. The van der Waals surface area contributed by atoms with Crippen molar-refractivity contribution >= 4 is 5.91 Å². The number of hydrogen-bond acceptors (Lipinski definition) is 2. The number of alkyl halides is 3. The van der Waals surface area contributed by atoms with Gasteiger partial charge in [0.05, 0.1) is 6.04 Å². The Hall–Kier alpha value is -0.780. The summed E-state index contributed by atoms with van der Waals surface area (Å²) in [7, 11) is 0. The predicted octanol–water partition coefficient (Wildman–Crippen LogP) is 1.91. The standard InChI is InChI=1S/C11H19F3N2O/c1-3-7(2)9(15)10(17)16(8-4-5-8)6-11(12,13)14/h7-9H,3-6,15H2,1-2H3/t7?,9-/m0/s1. The van der Waals surface area contributed by atoms with E-state index in [1.165, 1.54) is 0 Å². The molecule has 17 heavy (non-hydrogen) atoms. The highest BCUT2D eigenvalue weighted by Gasteiger charge is 2.42. The van der Waals surface area contributed by atoms with Crippen LogP contribution in [0.15, 0.2) is 0 Å². The van der Waals surface area contributed by atoms with E-state index in [-0.39, 0.29) is 12.0 Å². The first-order chi connectivity index (χ1) is 7.76. The summed E-state index contributed by atoms with van der Waals surface area (Å²) in [4.78, 5) is 12.8. The van der Waals surface area contributed by atoms with Crippen LogP contribution in [0.2, 0.25) is 0 Å². The highest BCUT2D eigenvalue weighted by Crippen LogP contribution is 2.31. The van der Waals surface area contributed by atoms with Crippen molar-refractivity contribution in [1.82, 2.24) is 4.90 Å². The number of nitrogens with zero attached hydrogens (tertiary/aromatic N) is 1. The van der Waals surface area contributed by atoms with E-state index in [1.54, 1.807) is 6.92 Å². The molecule has 2 N–H and O–H groups in total. The van der Waals surface area contributed by atoms with Gasteiger partial charge in [0.1, 0.15) is 6.54 Å². The van der Waals surface area contributed by atoms with Gasteiger partial charge in [0.15, 0.2) is 0 Å². The number of carbonyl (C=O) groups excluding carboxylic acids is 1. The first-order valence-electron chi connectivity index (χ1n) is 5.89. The molecule has 2 atom stereocenters. The van der Waals surface area contributed by atoms with Crippen molar-refractivity contribution in [3.05, 3.63) is 0 Å². The molecule has 0 aromatic rings. The van der Waals surface area contributed by atoms with Crippen molar-refractivity contribution < 1.29 is 18.0 Å². The lowest BCUT2D eigenvalue weighted by molar-refractivity contribution is -0.163. The summed E-state index contributed by atoms with van der Waals surface area (Å²) in [6.45, 7) is 2.46. The lowest BCUT2D eigenvalue weighted by Crippen LogP contribution is -2.50. The molecule has 1 unspecified atom stereocenters. The highest BCUT2D eigenvalue weighted by molar-refractivity contribution is 5.82. The van der Waals surface area contributed by atoms with Crippen LogP contribution in [0, 0.1) is 5.92 Å². The van der Waals surface area contributed by atoms with Crippen LogP contribution in [0.1, 0.15) is 33.1 Å². The molecule has 3 nitrogen and oxygen atoms in total. The zero-order valence-corrected chi connectivity index (χ0v) is 10.1. The summed E-state index contributed by atoms with van der Waals surface area (Å²) in [6, 6.07) is -1.10. The Morgan fingerprint density at radius 1 is 1.47 bits per heavy atom. The summed E-state index contributed by atoms with van der Waals surface area (Å²) in [5.74, 6) is -0.670. The molecule has 1 aliphatic carbocycles. The predicted molar refractivity (Wildman–Crippen MR) is 58.2 cm³/mol. The van der Waals surface area contributed by atoms with Gasteiger partial charge in [0.25, 0.3) is 0 Å². The van der Waals surface area contributed by atoms with Crippen molar-refractivity contribution in [2.24, 2.45) is 11.7 Å². The van der Waals surface area contributed by atoms with E-state index in [0.717, 1.165) is 4.90 Å². The molecule has 0 bridgehead atoms. The Balaban J connectivity index is 2.67. The number of halogens is 3. The quantitative estimate of drug-likeness (QED) is 0.812. The average Bonchev–Trinajstić information content (AvgIpc) is 3.05. The monoisotopic (exact) mass is 252 g/mol. The maximum atomic E-state index is 12.4. The topological polar surface area (TPSA) is 46.3 Å². The van der Waals surface area contributed by atoms with E-state index in [1.807, 2.05) is 6.92 Å². The number of nitrogens with two attached hydrogens (primary N) is 1. The van der Waals surface area contributed by atoms with Crippen LogP contribution in [0.3, 0.4) is 0 Å². The third kappa shape index (κ3) is 4.18. The first-order valence-corrected chi connectivity index (χ1v) is 5.89. The highest BCUT2D eigenvalue weighted by atomic mass is 19.4. The molecular formula is C11H19F3N2O. The molecule has 1 fully saturated rings. The van der Waals surface area contributed by atoms with Gasteiger partial charge in [-0.15, -0.1) is 0 Å².